The number of rotatable bonds is 3. The Balaban J connectivity index is 2.49. The van der Waals surface area contributed by atoms with Crippen molar-refractivity contribution in [2.24, 2.45) is 0 Å². The van der Waals surface area contributed by atoms with Crippen molar-refractivity contribution in [1.82, 2.24) is 5.32 Å². The summed E-state index contributed by atoms with van der Waals surface area (Å²) >= 11 is 1.86. The van der Waals surface area contributed by atoms with Gasteiger partial charge in [-0.2, -0.15) is 11.8 Å². The number of fused-ring (bicyclic) bond motifs is 1. The lowest BCUT2D eigenvalue weighted by Gasteiger charge is -2.21. The molecule has 2 unspecified atom stereocenters. The fourth-order valence-electron chi connectivity index (χ4n) is 2.51. The Morgan fingerprint density at radius 2 is 2.28 bits per heavy atom. The Bertz CT molecular complexity index is 425. The van der Waals surface area contributed by atoms with E-state index in [1.807, 2.05) is 11.8 Å². The highest BCUT2D eigenvalue weighted by atomic mass is 32.2. The second-order valence-electron chi connectivity index (χ2n) is 4.61. The molecule has 0 bridgehead atoms. The van der Waals surface area contributed by atoms with Gasteiger partial charge in [0.2, 0.25) is 0 Å². The number of hydrogen-bond donors (Lipinski definition) is 1. The van der Waals surface area contributed by atoms with Gasteiger partial charge in [0.05, 0.1) is 7.11 Å². The minimum absolute atomic E-state index is 0.0881. The number of methoxy groups -OCH3 is 1. The highest BCUT2D eigenvalue weighted by Crippen LogP contribution is 2.40. The summed E-state index contributed by atoms with van der Waals surface area (Å²) < 4.78 is 19.5. The van der Waals surface area contributed by atoms with Crippen LogP contribution in [-0.4, -0.2) is 18.9 Å². The van der Waals surface area contributed by atoms with E-state index in [2.05, 4.69) is 19.2 Å². The molecule has 0 spiro atoms. The third kappa shape index (κ3) is 2.64. The van der Waals surface area contributed by atoms with Crippen LogP contribution in [0.25, 0.3) is 0 Å². The maximum atomic E-state index is 14.2. The second-order valence-corrected chi connectivity index (χ2v) is 6.04. The van der Waals surface area contributed by atoms with E-state index in [0.717, 1.165) is 35.6 Å². The van der Waals surface area contributed by atoms with Gasteiger partial charge in [0.1, 0.15) is 11.6 Å². The van der Waals surface area contributed by atoms with E-state index in [4.69, 9.17) is 4.74 Å². The van der Waals surface area contributed by atoms with Crippen molar-refractivity contribution < 1.29 is 9.13 Å². The van der Waals surface area contributed by atoms with Crippen molar-refractivity contribution in [3.8, 4) is 5.75 Å². The van der Waals surface area contributed by atoms with Crippen molar-refractivity contribution in [2.45, 2.75) is 37.3 Å². The minimum Gasteiger partial charge on any atom is -0.496 e. The van der Waals surface area contributed by atoms with Crippen LogP contribution in [0.2, 0.25) is 0 Å². The molecule has 0 amide bonds. The van der Waals surface area contributed by atoms with Crippen molar-refractivity contribution in [3.05, 3.63) is 29.1 Å². The molecule has 1 aromatic carbocycles. The Morgan fingerprint density at radius 3 is 2.94 bits per heavy atom. The molecule has 0 radical (unpaired) electrons. The Labute approximate surface area is 112 Å². The van der Waals surface area contributed by atoms with Crippen molar-refractivity contribution in [3.63, 3.8) is 0 Å². The summed E-state index contributed by atoms with van der Waals surface area (Å²) in [4.78, 5) is 0. The minimum atomic E-state index is -0.119. The third-order valence-corrected chi connectivity index (χ3v) is 4.58. The predicted octanol–water partition coefficient (Wildman–Crippen LogP) is 3.51. The smallest absolute Gasteiger partial charge is 0.128 e. The summed E-state index contributed by atoms with van der Waals surface area (Å²) in [6.45, 7) is 5.10. The van der Waals surface area contributed by atoms with Crippen LogP contribution in [0.1, 0.15) is 37.4 Å². The molecule has 0 saturated heterocycles. The zero-order valence-electron chi connectivity index (χ0n) is 11.1. The molecule has 2 atom stereocenters. The van der Waals surface area contributed by atoms with Gasteiger partial charge in [0.15, 0.2) is 0 Å². The van der Waals surface area contributed by atoms with Crippen LogP contribution in [0, 0.1) is 5.82 Å². The fourth-order valence-corrected chi connectivity index (χ4v) is 3.59. The molecule has 0 aromatic heterocycles. The first kappa shape index (κ1) is 13.7. The van der Waals surface area contributed by atoms with Gasteiger partial charge in [-0.15, -0.1) is 0 Å². The first-order valence-electron chi connectivity index (χ1n) is 6.37. The van der Waals surface area contributed by atoms with Crippen LogP contribution in [0.3, 0.4) is 0 Å². The standard InChI is InChI=1S/C14H20FNOS/c1-4-16-12-7-9(2)18-8-10-13(17-3)6-5-11(15)14(10)12/h5-6,9,12,16H,4,7-8H2,1-3H3. The quantitative estimate of drug-likeness (QED) is 0.907. The molecule has 100 valence electrons. The van der Waals surface area contributed by atoms with Crippen LogP contribution in [0.4, 0.5) is 4.39 Å². The maximum absolute atomic E-state index is 14.2. The molecule has 1 heterocycles. The van der Waals surface area contributed by atoms with Gasteiger partial charge < -0.3 is 10.1 Å². The van der Waals surface area contributed by atoms with Crippen LogP contribution in [-0.2, 0) is 5.75 Å². The van der Waals surface area contributed by atoms with Crippen LogP contribution < -0.4 is 10.1 Å². The SMILES string of the molecule is CCNC1CC(C)SCc2c(OC)ccc(F)c21. The predicted molar refractivity (Wildman–Crippen MR) is 74.7 cm³/mol. The topological polar surface area (TPSA) is 21.3 Å². The number of benzene rings is 1. The van der Waals surface area contributed by atoms with E-state index in [0.29, 0.717) is 5.25 Å². The third-order valence-electron chi connectivity index (χ3n) is 3.36. The van der Waals surface area contributed by atoms with Crippen LogP contribution in [0.5, 0.6) is 5.75 Å². The average Bonchev–Trinajstić information content (AvgIpc) is 2.51. The molecule has 4 heteroatoms. The van der Waals surface area contributed by atoms with E-state index >= 15 is 0 Å². The van der Waals surface area contributed by atoms with Crippen LogP contribution in [0.15, 0.2) is 12.1 Å². The summed E-state index contributed by atoms with van der Waals surface area (Å²) in [6.07, 6.45) is 0.954. The molecule has 1 aliphatic rings. The lowest BCUT2D eigenvalue weighted by Crippen LogP contribution is -2.24. The van der Waals surface area contributed by atoms with Gasteiger partial charge >= 0.3 is 0 Å². The molecule has 2 nitrogen and oxygen atoms in total. The average molecular weight is 269 g/mol. The number of halogens is 1. The second kappa shape index (κ2) is 5.93. The first-order valence-corrected chi connectivity index (χ1v) is 7.42. The number of thioether (sulfide) groups is 1. The summed E-state index contributed by atoms with van der Waals surface area (Å²) in [6, 6.07) is 3.33. The molecule has 0 aliphatic carbocycles. The molecular formula is C14H20FNOS. The molecule has 18 heavy (non-hydrogen) atoms. The van der Waals surface area contributed by atoms with Gasteiger partial charge in [-0.05, 0) is 25.1 Å². The molecule has 1 aromatic rings. The maximum Gasteiger partial charge on any atom is 0.128 e. The van der Waals surface area contributed by atoms with E-state index in [1.165, 1.54) is 6.07 Å². The number of nitrogens with one attached hydrogen (secondary N) is 1. The van der Waals surface area contributed by atoms with E-state index in [9.17, 15) is 4.39 Å². The molecule has 1 aliphatic heterocycles. The number of hydrogen-bond acceptors (Lipinski definition) is 3. The van der Waals surface area contributed by atoms with Gasteiger partial charge in [-0.3, -0.25) is 0 Å². The molecular weight excluding hydrogens is 249 g/mol. The highest BCUT2D eigenvalue weighted by molar-refractivity contribution is 7.99. The highest BCUT2D eigenvalue weighted by Gasteiger charge is 2.27. The Kier molecular flexibility index (Phi) is 4.51. The lowest BCUT2D eigenvalue weighted by atomic mass is 9.96. The normalized spacial score (nSPS) is 23.3. The van der Waals surface area contributed by atoms with Crippen molar-refractivity contribution >= 4 is 11.8 Å². The molecule has 0 saturated carbocycles. The Morgan fingerprint density at radius 1 is 1.50 bits per heavy atom. The van der Waals surface area contributed by atoms with Crippen LogP contribution >= 0.6 is 11.8 Å². The summed E-state index contributed by atoms with van der Waals surface area (Å²) in [5.74, 6) is 1.50. The van der Waals surface area contributed by atoms with E-state index in [1.54, 1.807) is 13.2 Å². The number of ether oxygens (including phenoxy) is 1. The largest absolute Gasteiger partial charge is 0.496 e. The van der Waals surface area contributed by atoms with E-state index in [-0.39, 0.29) is 11.9 Å². The van der Waals surface area contributed by atoms with Crippen molar-refractivity contribution in [2.75, 3.05) is 13.7 Å². The van der Waals surface area contributed by atoms with Gasteiger partial charge in [0.25, 0.3) is 0 Å². The zero-order chi connectivity index (χ0) is 13.1. The van der Waals surface area contributed by atoms with Gasteiger partial charge in [-0.1, -0.05) is 13.8 Å². The van der Waals surface area contributed by atoms with Gasteiger partial charge in [0, 0.05) is 28.2 Å². The Hall–Kier alpha value is -0.740. The molecule has 1 N–H and O–H groups in total. The summed E-state index contributed by atoms with van der Waals surface area (Å²) in [7, 11) is 1.65. The van der Waals surface area contributed by atoms with Crippen molar-refractivity contribution in [1.29, 1.82) is 0 Å². The molecule has 0 fully saturated rings. The van der Waals surface area contributed by atoms with E-state index < -0.39 is 0 Å². The first-order chi connectivity index (χ1) is 8.67. The summed E-state index contributed by atoms with van der Waals surface area (Å²) in [5, 5.41) is 3.91. The van der Waals surface area contributed by atoms with Gasteiger partial charge in [-0.25, -0.2) is 4.39 Å². The molecule has 2 rings (SSSR count). The summed E-state index contributed by atoms with van der Waals surface area (Å²) in [5.41, 5.74) is 1.81. The monoisotopic (exact) mass is 269 g/mol. The fraction of sp³-hybridized carbons (Fsp3) is 0.571. The zero-order valence-corrected chi connectivity index (χ0v) is 11.9. The lowest BCUT2D eigenvalue weighted by molar-refractivity contribution is 0.405.